The van der Waals surface area contributed by atoms with Crippen molar-refractivity contribution < 1.29 is 8.42 Å². The maximum atomic E-state index is 12.2. The Morgan fingerprint density at radius 2 is 1.92 bits per heavy atom. The fraction of sp³-hybridized carbons (Fsp3) is 0.412. The van der Waals surface area contributed by atoms with Gasteiger partial charge in [-0.05, 0) is 37.1 Å². The minimum absolute atomic E-state index is 0.108. The van der Waals surface area contributed by atoms with E-state index in [0.717, 1.165) is 31.7 Å². The molecule has 0 bridgehead atoms. The minimum Gasteiger partial charge on any atom is -0.381 e. The molecule has 1 aliphatic rings. The Labute approximate surface area is 142 Å². The second kappa shape index (κ2) is 7.17. The zero-order valence-electron chi connectivity index (χ0n) is 13.7. The van der Waals surface area contributed by atoms with Gasteiger partial charge in [-0.15, -0.1) is 5.10 Å². The van der Waals surface area contributed by atoms with Gasteiger partial charge in [-0.3, -0.25) is 0 Å². The molecule has 0 unspecified atom stereocenters. The SMILES string of the molecule is CCS(=O)(=O)c1ccccc1NC1CCN(c2cccnn2)CC1. The number of piperidine rings is 1. The van der Waals surface area contributed by atoms with Gasteiger partial charge in [0.05, 0.1) is 16.3 Å². The summed E-state index contributed by atoms with van der Waals surface area (Å²) in [6, 6.07) is 11.3. The average Bonchev–Trinajstić information content (AvgIpc) is 2.63. The van der Waals surface area contributed by atoms with E-state index in [0.29, 0.717) is 10.6 Å². The van der Waals surface area contributed by atoms with Gasteiger partial charge in [0.1, 0.15) is 0 Å². The van der Waals surface area contributed by atoms with Crippen molar-refractivity contribution in [3.63, 3.8) is 0 Å². The molecule has 0 radical (unpaired) electrons. The number of nitrogens with zero attached hydrogens (tertiary/aromatic N) is 3. The number of hydrogen-bond acceptors (Lipinski definition) is 6. The predicted octanol–water partition coefficient (Wildman–Crippen LogP) is 2.35. The molecule has 1 aliphatic heterocycles. The van der Waals surface area contributed by atoms with Crippen LogP contribution in [-0.4, -0.2) is 43.5 Å². The summed E-state index contributed by atoms with van der Waals surface area (Å²) in [5.41, 5.74) is 0.706. The normalized spacial score (nSPS) is 16.1. The Balaban J connectivity index is 1.67. The third-order valence-corrected chi connectivity index (χ3v) is 6.13. The number of hydrogen-bond donors (Lipinski definition) is 1. The van der Waals surface area contributed by atoms with E-state index in [2.05, 4.69) is 20.4 Å². The van der Waals surface area contributed by atoms with E-state index >= 15 is 0 Å². The summed E-state index contributed by atoms with van der Waals surface area (Å²) in [6.07, 6.45) is 3.52. The molecule has 3 rings (SSSR count). The Bertz CT molecular complexity index is 772. The van der Waals surface area contributed by atoms with Gasteiger partial charge < -0.3 is 10.2 Å². The first-order valence-corrected chi connectivity index (χ1v) is 9.86. The van der Waals surface area contributed by atoms with Crippen LogP contribution in [0, 0.1) is 0 Å². The van der Waals surface area contributed by atoms with Crippen molar-refractivity contribution in [2.24, 2.45) is 0 Å². The van der Waals surface area contributed by atoms with E-state index < -0.39 is 9.84 Å². The maximum absolute atomic E-state index is 12.2. The van der Waals surface area contributed by atoms with Crippen LogP contribution in [0.5, 0.6) is 0 Å². The van der Waals surface area contributed by atoms with E-state index in [1.54, 1.807) is 25.3 Å². The molecule has 2 heterocycles. The van der Waals surface area contributed by atoms with Gasteiger partial charge in [0.25, 0.3) is 0 Å². The number of sulfone groups is 1. The van der Waals surface area contributed by atoms with Gasteiger partial charge in [-0.25, -0.2) is 8.42 Å². The maximum Gasteiger partial charge on any atom is 0.180 e. The summed E-state index contributed by atoms with van der Waals surface area (Å²) in [5, 5.41) is 11.5. The summed E-state index contributed by atoms with van der Waals surface area (Å²) >= 11 is 0. The highest BCUT2D eigenvalue weighted by atomic mass is 32.2. The zero-order chi connectivity index (χ0) is 17.0. The third kappa shape index (κ3) is 3.67. The summed E-state index contributed by atoms with van der Waals surface area (Å²) in [7, 11) is -3.22. The lowest BCUT2D eigenvalue weighted by molar-refractivity contribution is 0.521. The van der Waals surface area contributed by atoms with Gasteiger partial charge in [0.15, 0.2) is 15.7 Å². The van der Waals surface area contributed by atoms with Crippen LogP contribution in [0.3, 0.4) is 0 Å². The van der Waals surface area contributed by atoms with Crippen molar-refractivity contribution in [2.45, 2.75) is 30.7 Å². The van der Waals surface area contributed by atoms with Gasteiger partial charge in [-0.1, -0.05) is 19.1 Å². The van der Waals surface area contributed by atoms with Crippen LogP contribution in [0.4, 0.5) is 11.5 Å². The lowest BCUT2D eigenvalue weighted by Crippen LogP contribution is -2.39. The number of anilines is 2. The summed E-state index contributed by atoms with van der Waals surface area (Å²) in [5.74, 6) is 1.00. The largest absolute Gasteiger partial charge is 0.381 e. The molecule has 2 aromatic rings. The van der Waals surface area contributed by atoms with E-state index in [1.807, 2.05) is 24.3 Å². The van der Waals surface area contributed by atoms with Gasteiger partial charge in [0, 0.05) is 25.3 Å². The Morgan fingerprint density at radius 3 is 2.58 bits per heavy atom. The summed E-state index contributed by atoms with van der Waals surface area (Å²) in [6.45, 7) is 3.42. The molecule has 24 heavy (non-hydrogen) atoms. The molecule has 1 fully saturated rings. The second-order valence-corrected chi connectivity index (χ2v) is 8.13. The first-order valence-electron chi connectivity index (χ1n) is 8.21. The Hall–Kier alpha value is -2.15. The topological polar surface area (TPSA) is 75.2 Å². The molecule has 7 heteroatoms. The molecule has 0 saturated carbocycles. The number of para-hydroxylation sites is 1. The Morgan fingerprint density at radius 1 is 1.17 bits per heavy atom. The fourth-order valence-electron chi connectivity index (χ4n) is 2.95. The lowest BCUT2D eigenvalue weighted by Gasteiger charge is -2.33. The van der Waals surface area contributed by atoms with Crippen LogP contribution in [0.2, 0.25) is 0 Å². The van der Waals surface area contributed by atoms with Crippen molar-refractivity contribution in [2.75, 3.05) is 29.1 Å². The highest BCUT2D eigenvalue weighted by molar-refractivity contribution is 7.91. The van der Waals surface area contributed by atoms with Crippen LogP contribution in [0.15, 0.2) is 47.5 Å². The number of benzene rings is 1. The molecular weight excluding hydrogens is 324 g/mol. The molecule has 0 aliphatic carbocycles. The lowest BCUT2D eigenvalue weighted by atomic mass is 10.0. The molecule has 1 aromatic carbocycles. The summed E-state index contributed by atoms with van der Waals surface area (Å²) < 4.78 is 24.5. The molecular formula is C17H22N4O2S. The van der Waals surface area contributed by atoms with Crippen LogP contribution in [0.25, 0.3) is 0 Å². The molecule has 0 amide bonds. The van der Waals surface area contributed by atoms with E-state index in [1.165, 1.54) is 0 Å². The van der Waals surface area contributed by atoms with E-state index in [-0.39, 0.29) is 11.8 Å². The van der Waals surface area contributed by atoms with Crippen molar-refractivity contribution in [3.05, 3.63) is 42.6 Å². The van der Waals surface area contributed by atoms with Gasteiger partial charge in [0.2, 0.25) is 0 Å². The molecule has 128 valence electrons. The average molecular weight is 346 g/mol. The summed E-state index contributed by atoms with van der Waals surface area (Å²) in [4.78, 5) is 2.60. The van der Waals surface area contributed by atoms with Gasteiger partial charge in [-0.2, -0.15) is 5.10 Å². The number of rotatable bonds is 5. The molecule has 1 aromatic heterocycles. The first kappa shape index (κ1) is 16.7. The van der Waals surface area contributed by atoms with Crippen molar-refractivity contribution in [1.82, 2.24) is 10.2 Å². The van der Waals surface area contributed by atoms with Crippen LogP contribution in [0.1, 0.15) is 19.8 Å². The molecule has 1 N–H and O–H groups in total. The van der Waals surface area contributed by atoms with Crippen LogP contribution in [-0.2, 0) is 9.84 Å². The minimum atomic E-state index is -3.22. The quantitative estimate of drug-likeness (QED) is 0.896. The van der Waals surface area contributed by atoms with E-state index in [9.17, 15) is 8.42 Å². The molecule has 6 nitrogen and oxygen atoms in total. The van der Waals surface area contributed by atoms with Crippen molar-refractivity contribution >= 4 is 21.3 Å². The molecule has 1 saturated heterocycles. The smallest absolute Gasteiger partial charge is 0.180 e. The van der Waals surface area contributed by atoms with Crippen LogP contribution < -0.4 is 10.2 Å². The van der Waals surface area contributed by atoms with Crippen LogP contribution >= 0.6 is 0 Å². The molecule has 0 atom stereocenters. The van der Waals surface area contributed by atoms with Crippen molar-refractivity contribution in [1.29, 1.82) is 0 Å². The highest BCUT2D eigenvalue weighted by Gasteiger charge is 2.22. The van der Waals surface area contributed by atoms with Crippen molar-refractivity contribution in [3.8, 4) is 0 Å². The zero-order valence-corrected chi connectivity index (χ0v) is 14.5. The standard InChI is InChI=1S/C17H22N4O2S/c1-2-24(22,23)16-7-4-3-6-15(16)19-14-9-12-21(13-10-14)17-8-5-11-18-20-17/h3-8,11,14,19H,2,9-10,12-13H2,1H3. The first-order chi connectivity index (χ1) is 11.6. The van der Waals surface area contributed by atoms with Gasteiger partial charge >= 0.3 is 0 Å². The predicted molar refractivity (Wildman–Crippen MR) is 95.1 cm³/mol. The Kier molecular flexibility index (Phi) is 4.99. The van der Waals surface area contributed by atoms with E-state index in [4.69, 9.17) is 0 Å². The number of nitrogens with one attached hydrogen (secondary N) is 1. The third-order valence-electron chi connectivity index (χ3n) is 4.34. The second-order valence-electron chi connectivity index (χ2n) is 5.89. The number of aromatic nitrogens is 2. The monoisotopic (exact) mass is 346 g/mol. The highest BCUT2D eigenvalue weighted by Crippen LogP contribution is 2.25. The fourth-order valence-corrected chi connectivity index (χ4v) is 4.01. The molecule has 0 spiro atoms.